The molecule has 1 nitrogen and oxygen atoms in total. The van der Waals surface area contributed by atoms with E-state index in [0.717, 1.165) is 6.42 Å². The molecule has 0 aliphatic heterocycles. The van der Waals surface area contributed by atoms with Crippen molar-refractivity contribution in [3.05, 3.63) is 83.7 Å². The lowest BCUT2D eigenvalue weighted by molar-refractivity contribution is 0.906. The number of hydrogen-bond donors (Lipinski definition) is 0. The molecule has 1 unspecified atom stereocenters. The Morgan fingerprint density at radius 1 is 0.909 bits per heavy atom. The fourth-order valence-corrected chi connectivity index (χ4v) is 5.39. The van der Waals surface area contributed by atoms with Crippen LogP contribution in [0.25, 0.3) is 0 Å². The molecule has 1 atom stereocenters. The number of allylic oxidation sites excluding steroid dienone is 4. The maximum atomic E-state index is 9.66. The monoisotopic (exact) mass is 303 g/mol. The minimum Gasteiger partial charge on any atom is -0.197 e. The first-order chi connectivity index (χ1) is 10.8. The quantitative estimate of drug-likeness (QED) is 0.763. The first-order valence-electron chi connectivity index (χ1n) is 7.55. The van der Waals surface area contributed by atoms with E-state index in [9.17, 15) is 5.26 Å². The van der Waals surface area contributed by atoms with Gasteiger partial charge in [0, 0.05) is 0 Å². The largest absolute Gasteiger partial charge is 0.197 e. The molecule has 0 spiro atoms. The van der Waals surface area contributed by atoms with Crippen molar-refractivity contribution in [2.45, 2.75) is 13.3 Å². The number of nitrogens with zero attached hydrogens (tertiary/aromatic N) is 1. The molecule has 0 saturated heterocycles. The Kier molecular flexibility index (Phi) is 4.52. The lowest BCUT2D eigenvalue weighted by atomic mass is 10.0. The van der Waals surface area contributed by atoms with Crippen molar-refractivity contribution in [2.24, 2.45) is 5.92 Å². The molecule has 108 valence electrons. The molecule has 0 saturated carbocycles. The van der Waals surface area contributed by atoms with Crippen molar-refractivity contribution in [3.8, 4) is 6.07 Å². The molecule has 1 aliphatic rings. The average Bonchev–Trinajstić information content (AvgIpc) is 3.00. The van der Waals surface area contributed by atoms with Gasteiger partial charge in [-0.15, -0.1) is 0 Å². The lowest BCUT2D eigenvalue weighted by Gasteiger charge is -2.23. The summed E-state index contributed by atoms with van der Waals surface area (Å²) >= 11 is 0. The van der Waals surface area contributed by atoms with Crippen molar-refractivity contribution in [1.82, 2.24) is 0 Å². The maximum absolute atomic E-state index is 9.66. The highest BCUT2D eigenvalue weighted by atomic mass is 31.1. The number of hydrogen-bond acceptors (Lipinski definition) is 1. The Hall–Kier alpha value is -2.16. The summed E-state index contributed by atoms with van der Waals surface area (Å²) in [7, 11) is -0.643. The molecule has 2 aromatic carbocycles. The predicted octanol–water partition coefficient (Wildman–Crippen LogP) is 4.49. The second-order valence-corrected chi connectivity index (χ2v) is 7.48. The smallest absolute Gasteiger partial charge is 0.0936 e. The van der Waals surface area contributed by atoms with Gasteiger partial charge in [-0.3, -0.25) is 0 Å². The first-order valence-corrected chi connectivity index (χ1v) is 8.89. The summed E-state index contributed by atoms with van der Waals surface area (Å²) in [6, 6.07) is 23.6. The van der Waals surface area contributed by atoms with Crippen LogP contribution in [-0.2, 0) is 0 Å². The van der Waals surface area contributed by atoms with Gasteiger partial charge in [0.2, 0.25) is 0 Å². The summed E-state index contributed by atoms with van der Waals surface area (Å²) in [4.78, 5) is 0. The Bertz CT molecular complexity index is 699. The minimum absolute atomic E-state index is 0.0727. The van der Waals surface area contributed by atoms with Crippen LogP contribution in [0.15, 0.2) is 83.7 Å². The topological polar surface area (TPSA) is 23.8 Å². The molecule has 0 aromatic heterocycles. The molecule has 0 fully saturated rings. The van der Waals surface area contributed by atoms with Crippen LogP contribution in [0.4, 0.5) is 0 Å². The third kappa shape index (κ3) is 2.76. The van der Waals surface area contributed by atoms with E-state index in [-0.39, 0.29) is 5.92 Å². The van der Waals surface area contributed by atoms with Crippen LogP contribution in [0.2, 0.25) is 0 Å². The van der Waals surface area contributed by atoms with Gasteiger partial charge in [-0.1, -0.05) is 79.7 Å². The summed E-state index contributed by atoms with van der Waals surface area (Å²) in [5.74, 6) is -0.0727. The van der Waals surface area contributed by atoms with Gasteiger partial charge in [0.25, 0.3) is 0 Å². The number of rotatable bonds is 4. The fourth-order valence-electron chi connectivity index (χ4n) is 2.85. The average molecular weight is 303 g/mol. The Morgan fingerprint density at radius 3 is 1.91 bits per heavy atom. The normalized spacial score (nSPS) is 17.0. The summed E-state index contributed by atoms with van der Waals surface area (Å²) in [6.07, 6.45) is 5.26. The molecule has 3 rings (SSSR count). The van der Waals surface area contributed by atoms with E-state index in [1.54, 1.807) is 0 Å². The number of nitriles is 1. The molecule has 1 aliphatic carbocycles. The predicted molar refractivity (Wildman–Crippen MR) is 94.6 cm³/mol. The Morgan fingerprint density at radius 2 is 1.45 bits per heavy atom. The Balaban J connectivity index is 2.07. The standard InChI is InChI=1S/C20H18NP/c1-2-16-13-14-20(19(16)15-21)22(17-9-5-3-6-10-17)18-11-7-4-8-12-18/h3-14,19H,2H2,1H3. The van der Waals surface area contributed by atoms with Crippen molar-refractivity contribution < 1.29 is 0 Å². The Labute approximate surface area is 133 Å². The summed E-state index contributed by atoms with van der Waals surface area (Å²) in [5.41, 5.74) is 1.23. The van der Waals surface area contributed by atoms with Crippen LogP contribution in [0.5, 0.6) is 0 Å². The molecule has 0 amide bonds. The molecule has 2 heteroatoms. The van der Waals surface area contributed by atoms with Gasteiger partial charge in [0.05, 0.1) is 12.0 Å². The van der Waals surface area contributed by atoms with E-state index < -0.39 is 7.92 Å². The SMILES string of the molecule is CCC1=CC=C(P(c2ccccc2)c2ccccc2)C1C#N. The fraction of sp³-hybridized carbons (Fsp3) is 0.150. The van der Waals surface area contributed by atoms with Crippen molar-refractivity contribution in [2.75, 3.05) is 0 Å². The maximum Gasteiger partial charge on any atom is 0.0936 e. The molecule has 0 bridgehead atoms. The summed E-state index contributed by atoms with van der Waals surface area (Å²) < 4.78 is 0. The highest BCUT2D eigenvalue weighted by Gasteiger charge is 2.29. The van der Waals surface area contributed by atoms with E-state index in [2.05, 4.69) is 73.7 Å². The van der Waals surface area contributed by atoms with Crippen molar-refractivity contribution in [3.63, 3.8) is 0 Å². The third-order valence-electron chi connectivity index (χ3n) is 3.96. The molecule has 0 heterocycles. The van der Waals surface area contributed by atoms with Crippen LogP contribution in [0.3, 0.4) is 0 Å². The highest BCUT2D eigenvalue weighted by molar-refractivity contribution is 7.76. The van der Waals surface area contributed by atoms with E-state index >= 15 is 0 Å². The van der Waals surface area contributed by atoms with Crippen LogP contribution < -0.4 is 10.6 Å². The van der Waals surface area contributed by atoms with Gasteiger partial charge in [0.1, 0.15) is 0 Å². The van der Waals surface area contributed by atoms with Gasteiger partial charge in [0.15, 0.2) is 0 Å². The zero-order chi connectivity index (χ0) is 15.4. The first kappa shape index (κ1) is 14.8. The summed E-state index contributed by atoms with van der Waals surface area (Å²) in [6.45, 7) is 2.13. The van der Waals surface area contributed by atoms with Crippen LogP contribution in [0, 0.1) is 17.2 Å². The van der Waals surface area contributed by atoms with E-state index in [0.29, 0.717) is 0 Å². The van der Waals surface area contributed by atoms with Crippen LogP contribution >= 0.6 is 7.92 Å². The van der Waals surface area contributed by atoms with Crippen LogP contribution in [-0.4, -0.2) is 0 Å². The van der Waals surface area contributed by atoms with E-state index in [1.165, 1.54) is 21.5 Å². The molecule has 0 radical (unpaired) electrons. The second kappa shape index (κ2) is 6.73. The van der Waals surface area contributed by atoms with Gasteiger partial charge in [-0.25, -0.2) is 0 Å². The third-order valence-corrected chi connectivity index (χ3v) is 6.51. The summed E-state index contributed by atoms with van der Waals surface area (Å²) in [5, 5.41) is 13.5. The van der Waals surface area contributed by atoms with Crippen LogP contribution in [0.1, 0.15) is 13.3 Å². The second-order valence-electron chi connectivity index (χ2n) is 5.26. The highest BCUT2D eigenvalue weighted by Crippen LogP contribution is 2.51. The molecule has 0 N–H and O–H groups in total. The van der Waals surface area contributed by atoms with Gasteiger partial charge >= 0.3 is 0 Å². The zero-order valence-corrected chi connectivity index (χ0v) is 13.5. The van der Waals surface area contributed by atoms with Crippen molar-refractivity contribution in [1.29, 1.82) is 5.26 Å². The lowest BCUT2D eigenvalue weighted by Crippen LogP contribution is -2.16. The number of benzene rings is 2. The minimum atomic E-state index is -0.643. The van der Waals surface area contributed by atoms with Gasteiger partial charge < -0.3 is 0 Å². The molecular formula is C20H18NP. The zero-order valence-electron chi connectivity index (χ0n) is 12.6. The molecular weight excluding hydrogens is 285 g/mol. The van der Waals surface area contributed by atoms with Gasteiger partial charge in [-0.2, -0.15) is 5.26 Å². The molecule has 2 aromatic rings. The van der Waals surface area contributed by atoms with Crippen molar-refractivity contribution >= 4 is 18.5 Å². The van der Waals surface area contributed by atoms with E-state index in [4.69, 9.17) is 0 Å². The van der Waals surface area contributed by atoms with E-state index in [1.807, 2.05) is 12.1 Å². The molecule has 22 heavy (non-hydrogen) atoms. The van der Waals surface area contributed by atoms with Gasteiger partial charge in [-0.05, 0) is 35.8 Å².